The molecule has 0 amide bonds. The van der Waals surface area contributed by atoms with Crippen molar-refractivity contribution in [1.29, 1.82) is 0 Å². The third-order valence-electron chi connectivity index (χ3n) is 5.25. The van der Waals surface area contributed by atoms with Gasteiger partial charge in [0.1, 0.15) is 5.82 Å². The Morgan fingerprint density at radius 1 is 0.767 bits per heavy atom. The molecule has 4 heterocycles. The van der Waals surface area contributed by atoms with Crippen molar-refractivity contribution in [1.82, 2.24) is 24.5 Å². The summed E-state index contributed by atoms with van der Waals surface area (Å²) in [4.78, 5) is 23.1. The van der Waals surface area contributed by atoms with E-state index in [9.17, 15) is 0 Å². The van der Waals surface area contributed by atoms with Crippen LogP contribution in [0.1, 0.15) is 0 Å². The molecule has 0 unspecified atom stereocenters. The third-order valence-corrected chi connectivity index (χ3v) is 5.25. The summed E-state index contributed by atoms with van der Waals surface area (Å²) in [5, 5.41) is 0. The van der Waals surface area contributed by atoms with E-state index in [1.54, 1.807) is 6.20 Å². The van der Waals surface area contributed by atoms with Crippen LogP contribution in [0.15, 0.2) is 36.7 Å². The Hall–Kier alpha value is -3.24. The fraction of sp³-hybridized carbons (Fsp3) is 0.400. The molecule has 2 aromatic heterocycles. The summed E-state index contributed by atoms with van der Waals surface area (Å²) < 4.78 is 12.8. The molecule has 0 saturated carbocycles. The summed E-state index contributed by atoms with van der Waals surface area (Å²) in [6.07, 6.45) is 3.58. The van der Waals surface area contributed by atoms with E-state index in [4.69, 9.17) is 30.2 Å². The van der Waals surface area contributed by atoms with Gasteiger partial charge in [-0.3, -0.25) is 4.57 Å². The molecular formula is C20H24N8O2. The number of nitrogens with two attached hydrogens (primary N) is 1. The Morgan fingerprint density at radius 3 is 1.93 bits per heavy atom. The zero-order valence-corrected chi connectivity index (χ0v) is 16.6. The van der Waals surface area contributed by atoms with Crippen LogP contribution in [0.2, 0.25) is 0 Å². The maximum absolute atomic E-state index is 6.20. The van der Waals surface area contributed by atoms with Gasteiger partial charge < -0.3 is 25.0 Å². The highest BCUT2D eigenvalue weighted by Gasteiger charge is 2.22. The lowest BCUT2D eigenvalue weighted by molar-refractivity contribution is 0.121. The number of nitrogen functional groups attached to an aromatic ring is 1. The zero-order chi connectivity index (χ0) is 20.3. The van der Waals surface area contributed by atoms with E-state index in [0.717, 1.165) is 31.7 Å². The number of aromatic nitrogens is 5. The Labute approximate surface area is 174 Å². The fourth-order valence-corrected chi connectivity index (χ4v) is 3.63. The van der Waals surface area contributed by atoms with Crippen LogP contribution in [-0.2, 0) is 9.47 Å². The van der Waals surface area contributed by atoms with Gasteiger partial charge >= 0.3 is 0 Å². The third kappa shape index (κ3) is 3.66. The molecule has 5 rings (SSSR count). The van der Waals surface area contributed by atoms with E-state index in [2.05, 4.69) is 14.8 Å². The Kier molecular flexibility index (Phi) is 5.16. The van der Waals surface area contributed by atoms with E-state index in [-0.39, 0.29) is 0 Å². The highest BCUT2D eigenvalue weighted by atomic mass is 16.5. The number of hydrogen-bond acceptors (Lipinski definition) is 9. The first-order valence-corrected chi connectivity index (χ1v) is 10.1. The van der Waals surface area contributed by atoms with Crippen LogP contribution in [-0.4, -0.2) is 77.1 Å². The first-order valence-electron chi connectivity index (χ1n) is 10.1. The molecule has 156 valence electrons. The van der Waals surface area contributed by atoms with Crippen molar-refractivity contribution in [2.45, 2.75) is 0 Å². The molecule has 3 aromatic rings. The molecule has 0 bridgehead atoms. The number of morpholine rings is 2. The molecule has 2 N–H and O–H groups in total. The fourth-order valence-electron chi connectivity index (χ4n) is 3.63. The normalized spacial score (nSPS) is 17.3. The minimum Gasteiger partial charge on any atom is -0.398 e. The van der Waals surface area contributed by atoms with Gasteiger partial charge in [-0.25, -0.2) is 4.98 Å². The Morgan fingerprint density at radius 2 is 1.33 bits per heavy atom. The van der Waals surface area contributed by atoms with Crippen molar-refractivity contribution < 1.29 is 9.47 Å². The lowest BCUT2D eigenvalue weighted by Gasteiger charge is -2.30. The van der Waals surface area contributed by atoms with Gasteiger partial charge in [-0.1, -0.05) is 12.1 Å². The van der Waals surface area contributed by atoms with Crippen LogP contribution in [0.3, 0.4) is 0 Å². The highest BCUT2D eigenvalue weighted by molar-refractivity contribution is 5.72. The number of nitrogens with zero attached hydrogens (tertiary/aromatic N) is 7. The highest BCUT2D eigenvalue weighted by Crippen LogP contribution is 2.27. The molecule has 2 aliphatic heterocycles. The van der Waals surface area contributed by atoms with Crippen LogP contribution in [0, 0.1) is 0 Å². The molecule has 0 spiro atoms. The molecule has 0 aliphatic carbocycles. The monoisotopic (exact) mass is 408 g/mol. The maximum Gasteiger partial charge on any atom is 0.242 e. The second-order valence-corrected chi connectivity index (χ2v) is 7.14. The van der Waals surface area contributed by atoms with Gasteiger partial charge in [0.05, 0.1) is 26.4 Å². The number of hydrogen-bond donors (Lipinski definition) is 1. The molecule has 2 aliphatic rings. The van der Waals surface area contributed by atoms with E-state index in [1.165, 1.54) is 0 Å². The van der Waals surface area contributed by atoms with Gasteiger partial charge in [0.2, 0.25) is 17.8 Å². The molecule has 10 nitrogen and oxygen atoms in total. The van der Waals surface area contributed by atoms with Crippen LogP contribution in [0.25, 0.3) is 17.3 Å². The topological polar surface area (TPSA) is 107 Å². The second kappa shape index (κ2) is 8.25. The van der Waals surface area contributed by atoms with E-state index in [1.807, 2.05) is 35.0 Å². The summed E-state index contributed by atoms with van der Waals surface area (Å²) in [6, 6.07) is 7.65. The van der Waals surface area contributed by atoms with Crippen molar-refractivity contribution in [3.63, 3.8) is 0 Å². The van der Waals surface area contributed by atoms with Crippen LogP contribution in [0.5, 0.6) is 0 Å². The first kappa shape index (κ1) is 18.8. The molecular weight excluding hydrogens is 384 g/mol. The molecule has 1 aromatic carbocycles. The average Bonchev–Trinajstić information content (AvgIpc) is 3.30. The Bertz CT molecular complexity index is 975. The molecule has 0 radical (unpaired) electrons. The number of benzene rings is 1. The quantitative estimate of drug-likeness (QED) is 0.632. The van der Waals surface area contributed by atoms with Crippen molar-refractivity contribution in [3.8, 4) is 17.3 Å². The number of ether oxygens (including phenoxy) is 2. The van der Waals surface area contributed by atoms with E-state index in [0.29, 0.717) is 55.8 Å². The standard InChI is InChI=1S/C20H24N8O2/c21-16-4-2-1-3-15(16)17-22-5-6-28(17)20-24-18(26-7-11-29-12-8-26)23-19(25-20)27-9-13-30-14-10-27/h1-6H,7-14,21H2. The van der Waals surface area contributed by atoms with Gasteiger partial charge in [0.15, 0.2) is 0 Å². The lowest BCUT2D eigenvalue weighted by Crippen LogP contribution is -2.40. The number of rotatable bonds is 4. The zero-order valence-electron chi connectivity index (χ0n) is 16.6. The smallest absolute Gasteiger partial charge is 0.242 e. The minimum absolute atomic E-state index is 0.517. The van der Waals surface area contributed by atoms with Gasteiger partial charge in [-0.15, -0.1) is 0 Å². The van der Waals surface area contributed by atoms with Crippen molar-refractivity contribution >= 4 is 17.6 Å². The van der Waals surface area contributed by atoms with Gasteiger partial charge in [0.25, 0.3) is 0 Å². The molecule has 0 atom stereocenters. The first-order chi connectivity index (χ1) is 14.8. The Balaban J connectivity index is 1.59. The molecule has 10 heteroatoms. The molecule has 2 fully saturated rings. The van der Waals surface area contributed by atoms with Crippen molar-refractivity contribution in [3.05, 3.63) is 36.7 Å². The average molecular weight is 408 g/mol. The van der Waals surface area contributed by atoms with Crippen LogP contribution >= 0.6 is 0 Å². The van der Waals surface area contributed by atoms with Gasteiger partial charge in [-0.05, 0) is 12.1 Å². The van der Waals surface area contributed by atoms with Crippen LogP contribution in [0.4, 0.5) is 17.6 Å². The molecule has 2 saturated heterocycles. The summed E-state index contributed by atoms with van der Waals surface area (Å²) in [6.45, 7) is 5.61. The van der Waals surface area contributed by atoms with Crippen LogP contribution < -0.4 is 15.5 Å². The van der Waals surface area contributed by atoms with E-state index >= 15 is 0 Å². The number of para-hydroxylation sites is 1. The van der Waals surface area contributed by atoms with Crippen molar-refractivity contribution in [2.75, 3.05) is 68.1 Å². The summed E-state index contributed by atoms with van der Waals surface area (Å²) in [5.41, 5.74) is 7.69. The summed E-state index contributed by atoms with van der Waals surface area (Å²) >= 11 is 0. The molecule has 30 heavy (non-hydrogen) atoms. The number of imidazole rings is 1. The number of anilines is 3. The van der Waals surface area contributed by atoms with Gasteiger partial charge in [0, 0.05) is 49.8 Å². The van der Waals surface area contributed by atoms with E-state index < -0.39 is 0 Å². The van der Waals surface area contributed by atoms with Gasteiger partial charge in [-0.2, -0.15) is 15.0 Å². The lowest BCUT2D eigenvalue weighted by atomic mass is 10.2. The SMILES string of the molecule is Nc1ccccc1-c1nccn1-c1nc(N2CCOCC2)nc(N2CCOCC2)n1. The summed E-state index contributed by atoms with van der Waals surface area (Å²) in [5.74, 6) is 2.50. The minimum atomic E-state index is 0.517. The predicted molar refractivity (Wildman–Crippen MR) is 113 cm³/mol. The second-order valence-electron chi connectivity index (χ2n) is 7.14. The predicted octanol–water partition coefficient (Wildman–Crippen LogP) is 0.980. The maximum atomic E-state index is 6.20. The largest absolute Gasteiger partial charge is 0.398 e. The van der Waals surface area contributed by atoms with Crippen molar-refractivity contribution in [2.24, 2.45) is 0 Å². The summed E-state index contributed by atoms with van der Waals surface area (Å²) in [7, 11) is 0.